The van der Waals surface area contributed by atoms with Crippen LogP contribution in [0, 0.1) is 11.3 Å². The third kappa shape index (κ3) is 5.10. The van der Waals surface area contributed by atoms with Gasteiger partial charge in [0.25, 0.3) is 0 Å². The lowest BCUT2D eigenvalue weighted by Gasteiger charge is -2.38. The fourth-order valence-electron chi connectivity index (χ4n) is 4.32. The minimum Gasteiger partial charge on any atom is -0.317 e. The summed E-state index contributed by atoms with van der Waals surface area (Å²) in [6, 6.07) is 0. The summed E-state index contributed by atoms with van der Waals surface area (Å²) in [6.45, 7) is 5.12. The molecule has 1 saturated heterocycles. The standard InChI is InChI=1S/C18H35N/c1-18(13-9-6-10-15-19-16-14-18)17-11-7-4-2-3-5-8-12-17/h17,19H,2-16H2,1H3. The van der Waals surface area contributed by atoms with Crippen molar-refractivity contribution in [3.8, 4) is 0 Å². The average Bonchev–Trinajstić information content (AvgIpc) is 2.61. The zero-order chi connectivity index (χ0) is 13.4. The largest absolute Gasteiger partial charge is 0.317 e. The third-order valence-electron chi connectivity index (χ3n) is 5.82. The lowest BCUT2D eigenvalue weighted by atomic mass is 9.67. The molecule has 1 unspecified atom stereocenters. The lowest BCUT2D eigenvalue weighted by molar-refractivity contribution is 0.128. The second kappa shape index (κ2) is 8.29. The highest BCUT2D eigenvalue weighted by Gasteiger charge is 2.33. The molecular formula is C18H35N. The van der Waals surface area contributed by atoms with Crippen LogP contribution in [0.4, 0.5) is 0 Å². The Labute approximate surface area is 120 Å². The Hall–Kier alpha value is -0.0400. The molecule has 2 aliphatic rings. The zero-order valence-electron chi connectivity index (χ0n) is 13.2. The molecule has 1 atom stereocenters. The highest BCUT2D eigenvalue weighted by Crippen LogP contribution is 2.43. The Kier molecular flexibility index (Phi) is 6.70. The molecule has 0 radical (unpaired) electrons. The van der Waals surface area contributed by atoms with Crippen LogP contribution < -0.4 is 5.32 Å². The highest BCUT2D eigenvalue weighted by atomic mass is 14.8. The van der Waals surface area contributed by atoms with Crippen LogP contribution in [0.3, 0.4) is 0 Å². The van der Waals surface area contributed by atoms with Crippen LogP contribution in [0.5, 0.6) is 0 Å². The normalized spacial score (nSPS) is 33.3. The molecule has 0 bridgehead atoms. The maximum atomic E-state index is 3.66. The van der Waals surface area contributed by atoms with Gasteiger partial charge in [-0.15, -0.1) is 0 Å². The van der Waals surface area contributed by atoms with Crippen molar-refractivity contribution in [3.63, 3.8) is 0 Å². The fourth-order valence-corrected chi connectivity index (χ4v) is 4.32. The molecule has 2 rings (SSSR count). The van der Waals surface area contributed by atoms with Gasteiger partial charge in [0.2, 0.25) is 0 Å². The number of rotatable bonds is 1. The van der Waals surface area contributed by atoms with Crippen LogP contribution >= 0.6 is 0 Å². The first-order valence-corrected chi connectivity index (χ1v) is 9.02. The smallest absolute Gasteiger partial charge is 0.00436 e. The minimum absolute atomic E-state index is 0.627. The maximum absolute atomic E-state index is 3.66. The van der Waals surface area contributed by atoms with Crippen molar-refractivity contribution in [2.45, 2.75) is 90.4 Å². The quantitative estimate of drug-likeness (QED) is 0.678. The number of hydrogen-bond acceptors (Lipinski definition) is 1. The van der Waals surface area contributed by atoms with E-state index in [4.69, 9.17) is 0 Å². The minimum atomic E-state index is 0.627. The van der Waals surface area contributed by atoms with E-state index in [0.717, 1.165) is 5.92 Å². The van der Waals surface area contributed by atoms with Gasteiger partial charge in [0, 0.05) is 0 Å². The molecule has 2 fully saturated rings. The molecule has 112 valence electrons. The number of nitrogens with one attached hydrogen (secondary N) is 1. The molecule has 1 heteroatoms. The molecule has 1 N–H and O–H groups in total. The second-order valence-corrected chi connectivity index (χ2v) is 7.36. The van der Waals surface area contributed by atoms with E-state index in [1.54, 1.807) is 0 Å². The molecule has 0 aromatic carbocycles. The van der Waals surface area contributed by atoms with Gasteiger partial charge in [-0.3, -0.25) is 0 Å². The third-order valence-corrected chi connectivity index (χ3v) is 5.82. The van der Waals surface area contributed by atoms with E-state index in [9.17, 15) is 0 Å². The van der Waals surface area contributed by atoms with E-state index in [1.807, 2.05) is 0 Å². The molecule has 0 aromatic rings. The first-order chi connectivity index (χ1) is 9.31. The summed E-state index contributed by atoms with van der Waals surface area (Å²) in [5.74, 6) is 1.01. The van der Waals surface area contributed by atoms with E-state index in [0.29, 0.717) is 5.41 Å². The summed E-state index contributed by atoms with van der Waals surface area (Å²) in [5, 5.41) is 3.66. The molecular weight excluding hydrogens is 230 g/mol. The van der Waals surface area contributed by atoms with E-state index in [1.165, 1.54) is 96.6 Å². The summed E-state index contributed by atoms with van der Waals surface area (Å²) < 4.78 is 0. The molecule has 1 heterocycles. The fraction of sp³-hybridized carbons (Fsp3) is 1.00. The first kappa shape index (κ1) is 15.4. The van der Waals surface area contributed by atoms with Crippen molar-refractivity contribution in [2.75, 3.05) is 13.1 Å². The Morgan fingerprint density at radius 2 is 1.32 bits per heavy atom. The topological polar surface area (TPSA) is 12.0 Å². The van der Waals surface area contributed by atoms with Crippen molar-refractivity contribution < 1.29 is 0 Å². The van der Waals surface area contributed by atoms with Crippen molar-refractivity contribution in [1.82, 2.24) is 5.32 Å². The zero-order valence-corrected chi connectivity index (χ0v) is 13.2. The monoisotopic (exact) mass is 265 g/mol. The molecule has 1 aliphatic heterocycles. The molecule has 19 heavy (non-hydrogen) atoms. The summed E-state index contributed by atoms with van der Waals surface area (Å²) in [7, 11) is 0. The SMILES string of the molecule is CC1(C2CCCCCCCC2)CCCCCNCC1. The van der Waals surface area contributed by atoms with Gasteiger partial charge in [-0.2, -0.15) is 0 Å². The van der Waals surface area contributed by atoms with E-state index < -0.39 is 0 Å². The molecule has 0 spiro atoms. The Balaban J connectivity index is 1.95. The molecule has 0 amide bonds. The summed E-state index contributed by atoms with van der Waals surface area (Å²) >= 11 is 0. The van der Waals surface area contributed by atoms with Crippen molar-refractivity contribution >= 4 is 0 Å². The average molecular weight is 265 g/mol. The lowest BCUT2D eigenvalue weighted by Crippen LogP contribution is -2.31. The summed E-state index contributed by atoms with van der Waals surface area (Å²) in [5.41, 5.74) is 0.627. The number of hydrogen-bond donors (Lipinski definition) is 1. The van der Waals surface area contributed by atoms with Crippen LogP contribution in [-0.4, -0.2) is 13.1 Å². The van der Waals surface area contributed by atoms with Crippen LogP contribution in [0.1, 0.15) is 90.4 Å². The van der Waals surface area contributed by atoms with Crippen molar-refractivity contribution in [1.29, 1.82) is 0 Å². The van der Waals surface area contributed by atoms with Gasteiger partial charge in [-0.1, -0.05) is 58.3 Å². The molecule has 0 aromatic heterocycles. The van der Waals surface area contributed by atoms with Gasteiger partial charge >= 0.3 is 0 Å². The first-order valence-electron chi connectivity index (χ1n) is 9.02. The van der Waals surface area contributed by atoms with Crippen molar-refractivity contribution in [2.24, 2.45) is 11.3 Å². The van der Waals surface area contributed by atoms with Gasteiger partial charge in [-0.05, 0) is 56.5 Å². The van der Waals surface area contributed by atoms with Crippen molar-refractivity contribution in [3.05, 3.63) is 0 Å². The van der Waals surface area contributed by atoms with Crippen LogP contribution in [0.2, 0.25) is 0 Å². The summed E-state index contributed by atoms with van der Waals surface area (Å²) in [6.07, 6.45) is 19.2. The van der Waals surface area contributed by atoms with Gasteiger partial charge in [0.05, 0.1) is 0 Å². The van der Waals surface area contributed by atoms with Gasteiger partial charge in [0.15, 0.2) is 0 Å². The predicted molar refractivity (Wildman–Crippen MR) is 84.5 cm³/mol. The van der Waals surface area contributed by atoms with Crippen LogP contribution in [-0.2, 0) is 0 Å². The highest BCUT2D eigenvalue weighted by molar-refractivity contribution is 4.84. The Morgan fingerprint density at radius 1 is 0.684 bits per heavy atom. The van der Waals surface area contributed by atoms with Gasteiger partial charge in [-0.25, -0.2) is 0 Å². The van der Waals surface area contributed by atoms with E-state index in [-0.39, 0.29) is 0 Å². The molecule has 1 aliphatic carbocycles. The van der Waals surface area contributed by atoms with E-state index >= 15 is 0 Å². The van der Waals surface area contributed by atoms with Gasteiger partial charge in [0.1, 0.15) is 0 Å². The van der Waals surface area contributed by atoms with E-state index in [2.05, 4.69) is 12.2 Å². The second-order valence-electron chi connectivity index (χ2n) is 7.36. The Bertz CT molecular complexity index is 216. The predicted octanol–water partition coefficient (Wildman–Crippen LogP) is 5.30. The Morgan fingerprint density at radius 3 is 2.05 bits per heavy atom. The summed E-state index contributed by atoms with van der Waals surface area (Å²) in [4.78, 5) is 0. The van der Waals surface area contributed by atoms with Gasteiger partial charge < -0.3 is 5.32 Å². The molecule has 1 nitrogen and oxygen atoms in total. The maximum Gasteiger partial charge on any atom is -0.00436 e. The molecule has 1 saturated carbocycles. The van der Waals surface area contributed by atoms with Crippen LogP contribution in [0.25, 0.3) is 0 Å². The van der Waals surface area contributed by atoms with Crippen LogP contribution in [0.15, 0.2) is 0 Å².